The van der Waals surface area contributed by atoms with Crippen LogP contribution in [-0.2, 0) is 16.1 Å². The van der Waals surface area contributed by atoms with Crippen LogP contribution in [0.2, 0.25) is 10.0 Å². The summed E-state index contributed by atoms with van der Waals surface area (Å²) < 4.78 is 0. The molecular weight excluding hydrogens is 331 g/mol. The summed E-state index contributed by atoms with van der Waals surface area (Å²) in [5.74, 6) is -3.65. The molecule has 122 valence electrons. The Bertz CT molecular complexity index is 499. The molecule has 0 unspecified atom stereocenters. The first-order chi connectivity index (χ1) is 10.3. The van der Waals surface area contributed by atoms with Crippen molar-refractivity contribution in [2.24, 2.45) is 0 Å². The fourth-order valence-corrected chi connectivity index (χ4v) is 2.43. The van der Waals surface area contributed by atoms with Crippen molar-refractivity contribution in [1.29, 1.82) is 0 Å². The van der Waals surface area contributed by atoms with E-state index in [0.717, 1.165) is 48.3 Å². The van der Waals surface area contributed by atoms with Gasteiger partial charge in [-0.25, -0.2) is 9.59 Å². The van der Waals surface area contributed by atoms with E-state index in [4.69, 9.17) is 43.0 Å². The van der Waals surface area contributed by atoms with Crippen LogP contribution in [-0.4, -0.2) is 65.2 Å². The van der Waals surface area contributed by atoms with E-state index >= 15 is 0 Å². The summed E-state index contributed by atoms with van der Waals surface area (Å²) in [5.41, 5.74) is 1.05. The maximum atomic E-state index is 9.10. The number of rotatable bonds is 2. The van der Waals surface area contributed by atoms with Gasteiger partial charge in [-0.2, -0.15) is 0 Å². The number of benzene rings is 1. The van der Waals surface area contributed by atoms with Crippen LogP contribution in [0.5, 0.6) is 0 Å². The number of piperazine rings is 1. The molecule has 0 amide bonds. The Morgan fingerprint density at radius 3 is 1.91 bits per heavy atom. The van der Waals surface area contributed by atoms with E-state index in [9.17, 15) is 0 Å². The number of carbonyl (C=O) groups is 2. The second kappa shape index (κ2) is 8.95. The molecule has 1 aliphatic rings. The normalized spacial score (nSPS) is 15.8. The van der Waals surface area contributed by atoms with Crippen LogP contribution in [0.3, 0.4) is 0 Å². The van der Waals surface area contributed by atoms with Crippen LogP contribution < -0.4 is 0 Å². The molecular formula is C14H18Cl2N2O4. The van der Waals surface area contributed by atoms with Crippen molar-refractivity contribution in [3.8, 4) is 0 Å². The second-order valence-electron chi connectivity index (χ2n) is 4.89. The maximum absolute atomic E-state index is 9.10. The number of nitrogens with zero attached hydrogens (tertiary/aromatic N) is 2. The van der Waals surface area contributed by atoms with Crippen molar-refractivity contribution >= 4 is 35.1 Å². The predicted molar refractivity (Wildman–Crippen MR) is 84.5 cm³/mol. The first-order valence-corrected chi connectivity index (χ1v) is 7.37. The minimum absolute atomic E-state index is 0.770. The van der Waals surface area contributed by atoms with E-state index in [0.29, 0.717) is 0 Å². The van der Waals surface area contributed by atoms with E-state index in [-0.39, 0.29) is 0 Å². The van der Waals surface area contributed by atoms with Gasteiger partial charge in [0.1, 0.15) is 0 Å². The van der Waals surface area contributed by atoms with Gasteiger partial charge in [-0.05, 0) is 19.2 Å². The minimum Gasteiger partial charge on any atom is -0.473 e. The molecule has 0 aliphatic carbocycles. The average Bonchev–Trinajstić information content (AvgIpc) is 2.45. The highest BCUT2D eigenvalue weighted by molar-refractivity contribution is 6.35. The molecule has 0 aromatic heterocycles. The first kappa shape index (κ1) is 18.7. The molecule has 8 heteroatoms. The molecule has 1 saturated heterocycles. The van der Waals surface area contributed by atoms with Gasteiger partial charge in [0.25, 0.3) is 0 Å². The van der Waals surface area contributed by atoms with E-state index < -0.39 is 11.9 Å². The van der Waals surface area contributed by atoms with E-state index in [1.165, 1.54) is 0 Å². The Hall–Kier alpha value is -1.34. The molecule has 0 bridgehead atoms. The summed E-state index contributed by atoms with van der Waals surface area (Å²) in [6.07, 6.45) is 0. The third-order valence-corrected chi connectivity index (χ3v) is 3.93. The highest BCUT2D eigenvalue weighted by atomic mass is 35.5. The molecule has 6 nitrogen and oxygen atoms in total. The standard InChI is InChI=1S/C12H16Cl2N2.C2H2O4/c1-15-5-7-16(8-6-15)9-10-11(13)3-2-4-12(10)14;3-1(4)2(5)6/h2-4H,5-9H2,1H3;(H,3,4)(H,5,6). The molecule has 2 N–H and O–H groups in total. The van der Waals surface area contributed by atoms with E-state index in [2.05, 4.69) is 16.8 Å². The van der Waals surface area contributed by atoms with Crippen molar-refractivity contribution in [3.05, 3.63) is 33.8 Å². The summed E-state index contributed by atoms with van der Waals surface area (Å²) in [5, 5.41) is 16.3. The topological polar surface area (TPSA) is 81.1 Å². The van der Waals surface area contributed by atoms with E-state index in [1.807, 2.05) is 18.2 Å². The van der Waals surface area contributed by atoms with Crippen molar-refractivity contribution in [2.75, 3.05) is 33.2 Å². The van der Waals surface area contributed by atoms with Gasteiger partial charge in [0.15, 0.2) is 0 Å². The molecule has 1 aromatic carbocycles. The Kier molecular flexibility index (Phi) is 7.61. The average molecular weight is 349 g/mol. The Morgan fingerprint density at radius 1 is 1.05 bits per heavy atom. The molecule has 0 spiro atoms. The summed E-state index contributed by atoms with van der Waals surface area (Å²) in [6.45, 7) is 5.24. The van der Waals surface area contributed by atoms with Gasteiger partial charge in [0.05, 0.1) is 0 Å². The lowest BCUT2D eigenvalue weighted by Crippen LogP contribution is -2.43. The maximum Gasteiger partial charge on any atom is 0.414 e. The number of aliphatic carboxylic acids is 2. The molecule has 0 atom stereocenters. The zero-order chi connectivity index (χ0) is 16.7. The van der Waals surface area contributed by atoms with Crippen LogP contribution in [0.4, 0.5) is 0 Å². The second-order valence-corrected chi connectivity index (χ2v) is 5.70. The van der Waals surface area contributed by atoms with Crippen molar-refractivity contribution < 1.29 is 19.8 Å². The van der Waals surface area contributed by atoms with Gasteiger partial charge < -0.3 is 15.1 Å². The molecule has 0 saturated carbocycles. The minimum atomic E-state index is -1.82. The largest absolute Gasteiger partial charge is 0.473 e. The van der Waals surface area contributed by atoms with Gasteiger partial charge in [-0.3, -0.25) is 4.90 Å². The lowest BCUT2D eigenvalue weighted by molar-refractivity contribution is -0.159. The van der Waals surface area contributed by atoms with Crippen molar-refractivity contribution in [3.63, 3.8) is 0 Å². The smallest absolute Gasteiger partial charge is 0.414 e. The molecule has 2 rings (SSSR count). The quantitative estimate of drug-likeness (QED) is 0.794. The van der Waals surface area contributed by atoms with Gasteiger partial charge in [0.2, 0.25) is 0 Å². The summed E-state index contributed by atoms with van der Waals surface area (Å²) in [4.78, 5) is 22.9. The molecule has 22 heavy (non-hydrogen) atoms. The van der Waals surface area contributed by atoms with Crippen LogP contribution in [0.1, 0.15) is 5.56 Å². The van der Waals surface area contributed by atoms with E-state index in [1.54, 1.807) is 0 Å². The Morgan fingerprint density at radius 2 is 1.50 bits per heavy atom. The number of likely N-dealkylation sites (N-methyl/N-ethyl adjacent to an activating group) is 1. The zero-order valence-electron chi connectivity index (χ0n) is 12.1. The van der Waals surface area contributed by atoms with Gasteiger partial charge in [-0.1, -0.05) is 29.3 Å². The number of hydrogen-bond donors (Lipinski definition) is 2. The van der Waals surface area contributed by atoms with Crippen LogP contribution in [0, 0.1) is 0 Å². The molecule has 1 aromatic rings. The zero-order valence-corrected chi connectivity index (χ0v) is 13.6. The highest BCUT2D eigenvalue weighted by Crippen LogP contribution is 2.25. The van der Waals surface area contributed by atoms with Crippen LogP contribution in [0.25, 0.3) is 0 Å². The van der Waals surface area contributed by atoms with Crippen molar-refractivity contribution in [1.82, 2.24) is 9.80 Å². The van der Waals surface area contributed by atoms with Crippen molar-refractivity contribution in [2.45, 2.75) is 6.54 Å². The molecule has 0 radical (unpaired) electrons. The molecule has 1 heterocycles. The third kappa shape index (κ3) is 6.19. The fourth-order valence-electron chi connectivity index (χ4n) is 1.91. The number of halogens is 2. The van der Waals surface area contributed by atoms with Crippen LogP contribution in [0.15, 0.2) is 18.2 Å². The fraction of sp³-hybridized carbons (Fsp3) is 0.429. The monoisotopic (exact) mass is 348 g/mol. The molecule has 1 fully saturated rings. The van der Waals surface area contributed by atoms with Gasteiger partial charge >= 0.3 is 11.9 Å². The first-order valence-electron chi connectivity index (χ1n) is 6.61. The summed E-state index contributed by atoms with van der Waals surface area (Å²) >= 11 is 12.3. The predicted octanol–water partition coefficient (Wildman–Crippen LogP) is 1.90. The number of carboxylic acid groups (broad SMARTS) is 2. The number of carboxylic acids is 2. The summed E-state index contributed by atoms with van der Waals surface area (Å²) in [7, 11) is 2.15. The lowest BCUT2D eigenvalue weighted by atomic mass is 10.2. The Labute approximate surface area is 138 Å². The SMILES string of the molecule is CN1CCN(Cc2c(Cl)cccc2Cl)CC1.O=C(O)C(=O)O. The summed E-state index contributed by atoms with van der Waals surface area (Å²) in [6, 6.07) is 5.69. The lowest BCUT2D eigenvalue weighted by Gasteiger charge is -2.32. The highest BCUT2D eigenvalue weighted by Gasteiger charge is 2.16. The Balaban J connectivity index is 0.000000346. The number of hydrogen-bond acceptors (Lipinski definition) is 4. The van der Waals surface area contributed by atoms with Gasteiger partial charge in [0, 0.05) is 48.3 Å². The molecule has 1 aliphatic heterocycles. The third-order valence-electron chi connectivity index (χ3n) is 3.22. The van der Waals surface area contributed by atoms with Gasteiger partial charge in [-0.15, -0.1) is 0 Å². The van der Waals surface area contributed by atoms with Crippen LogP contribution >= 0.6 is 23.2 Å².